The zero-order valence-corrected chi connectivity index (χ0v) is 22.2. The molecule has 0 aromatic rings. The predicted molar refractivity (Wildman–Crippen MR) is 140 cm³/mol. The normalized spacial score (nSPS) is 44.1. The van der Waals surface area contributed by atoms with Gasteiger partial charge in [0, 0.05) is 0 Å². The zero-order valence-electron chi connectivity index (χ0n) is 22.2. The fourth-order valence-corrected chi connectivity index (χ4v) is 9.99. The van der Waals surface area contributed by atoms with E-state index < -0.39 is 0 Å². The van der Waals surface area contributed by atoms with Crippen LogP contribution in [0.25, 0.3) is 0 Å². The molecule has 5 aliphatic rings. The second-order valence-corrected chi connectivity index (χ2v) is 14.0. The standard InChI is InChI=1S/C32H52O/c1-6-22(10-7-9-21(2)3)27-13-14-28-26-20-25(23-11-8-12-23)30-19-24(33)15-17-32(30,5)29(26)16-18-31(27,28)4/h6,21-24,26-29,33H,1,7-20H2,2-5H3. The third-order valence-corrected chi connectivity index (χ3v) is 12.0. The molecule has 33 heavy (non-hydrogen) atoms. The van der Waals surface area contributed by atoms with Gasteiger partial charge in [-0.1, -0.05) is 64.2 Å². The number of aliphatic hydroxyl groups excluding tert-OH is 1. The Morgan fingerprint density at radius 1 is 0.970 bits per heavy atom. The van der Waals surface area contributed by atoms with Crippen LogP contribution in [0.2, 0.25) is 0 Å². The van der Waals surface area contributed by atoms with E-state index in [1.807, 2.05) is 5.57 Å². The molecule has 4 fully saturated rings. The number of hydrogen-bond donors (Lipinski definition) is 1. The number of allylic oxidation sites excluding steroid dienone is 2. The first kappa shape index (κ1) is 24.1. The van der Waals surface area contributed by atoms with Gasteiger partial charge < -0.3 is 5.11 Å². The third kappa shape index (κ3) is 4.01. The molecular formula is C32H52O. The lowest BCUT2D eigenvalue weighted by atomic mass is 9.45. The Balaban J connectivity index is 1.41. The first-order valence-electron chi connectivity index (χ1n) is 14.8. The first-order chi connectivity index (χ1) is 15.8. The molecule has 0 aromatic heterocycles. The van der Waals surface area contributed by atoms with Crippen molar-refractivity contribution >= 4 is 0 Å². The minimum atomic E-state index is -0.0800. The Morgan fingerprint density at radius 2 is 1.76 bits per heavy atom. The summed E-state index contributed by atoms with van der Waals surface area (Å²) in [5.74, 6) is 5.92. The Morgan fingerprint density at radius 3 is 2.42 bits per heavy atom. The van der Waals surface area contributed by atoms with Gasteiger partial charge in [0.1, 0.15) is 0 Å². The number of fused-ring (bicyclic) bond motifs is 5. The number of rotatable bonds is 7. The smallest absolute Gasteiger partial charge is 0.0578 e. The van der Waals surface area contributed by atoms with Crippen LogP contribution in [0.15, 0.2) is 23.8 Å². The molecule has 4 saturated carbocycles. The average Bonchev–Trinajstić information content (AvgIpc) is 3.08. The van der Waals surface area contributed by atoms with E-state index in [1.54, 1.807) is 5.57 Å². The molecule has 8 unspecified atom stereocenters. The first-order valence-corrected chi connectivity index (χ1v) is 14.8. The van der Waals surface area contributed by atoms with E-state index in [9.17, 15) is 5.11 Å². The number of aliphatic hydroxyl groups is 1. The lowest BCUT2D eigenvalue weighted by Gasteiger charge is -2.60. The van der Waals surface area contributed by atoms with Crippen molar-refractivity contribution in [3.05, 3.63) is 23.8 Å². The quantitative estimate of drug-likeness (QED) is 0.383. The maximum Gasteiger partial charge on any atom is 0.0578 e. The van der Waals surface area contributed by atoms with Crippen molar-refractivity contribution in [2.45, 2.75) is 124 Å². The van der Waals surface area contributed by atoms with Gasteiger partial charge in [0.15, 0.2) is 0 Å². The van der Waals surface area contributed by atoms with Gasteiger partial charge >= 0.3 is 0 Å². The van der Waals surface area contributed by atoms with E-state index in [0.29, 0.717) is 10.8 Å². The van der Waals surface area contributed by atoms with Crippen LogP contribution >= 0.6 is 0 Å². The Labute approximate surface area is 204 Å². The van der Waals surface area contributed by atoms with E-state index in [0.717, 1.165) is 54.3 Å². The molecule has 1 heteroatoms. The molecule has 0 saturated heterocycles. The highest BCUT2D eigenvalue weighted by Crippen LogP contribution is 2.69. The molecule has 8 atom stereocenters. The lowest BCUT2D eigenvalue weighted by Crippen LogP contribution is -2.52. The average molecular weight is 453 g/mol. The van der Waals surface area contributed by atoms with Crippen LogP contribution in [0, 0.1) is 52.3 Å². The van der Waals surface area contributed by atoms with Crippen LogP contribution in [0.5, 0.6) is 0 Å². The summed E-state index contributed by atoms with van der Waals surface area (Å²) in [6.45, 7) is 14.4. The lowest BCUT2D eigenvalue weighted by molar-refractivity contribution is -0.0604. The van der Waals surface area contributed by atoms with Crippen molar-refractivity contribution < 1.29 is 5.11 Å². The van der Waals surface area contributed by atoms with Crippen molar-refractivity contribution in [3.8, 4) is 0 Å². The van der Waals surface area contributed by atoms with E-state index in [4.69, 9.17) is 0 Å². The molecule has 1 nitrogen and oxygen atoms in total. The third-order valence-electron chi connectivity index (χ3n) is 12.0. The van der Waals surface area contributed by atoms with E-state index in [2.05, 4.69) is 40.3 Å². The molecule has 0 radical (unpaired) electrons. The highest BCUT2D eigenvalue weighted by atomic mass is 16.3. The van der Waals surface area contributed by atoms with Crippen LogP contribution in [0.3, 0.4) is 0 Å². The van der Waals surface area contributed by atoms with Gasteiger partial charge in [-0.15, -0.1) is 6.58 Å². The monoisotopic (exact) mass is 452 g/mol. The highest BCUT2D eigenvalue weighted by Gasteiger charge is 2.60. The van der Waals surface area contributed by atoms with Crippen molar-refractivity contribution in [3.63, 3.8) is 0 Å². The maximum atomic E-state index is 10.6. The second kappa shape index (κ2) is 9.15. The molecule has 0 aliphatic heterocycles. The van der Waals surface area contributed by atoms with E-state index in [1.165, 1.54) is 77.0 Å². The molecule has 186 valence electrons. The molecule has 5 rings (SSSR count). The Kier molecular flexibility index (Phi) is 6.69. The minimum absolute atomic E-state index is 0.0800. The largest absolute Gasteiger partial charge is 0.393 e. The Bertz CT molecular complexity index is 758. The van der Waals surface area contributed by atoms with E-state index >= 15 is 0 Å². The van der Waals surface area contributed by atoms with Gasteiger partial charge in [-0.3, -0.25) is 0 Å². The molecule has 0 spiro atoms. The molecule has 0 amide bonds. The van der Waals surface area contributed by atoms with Crippen LogP contribution in [0.4, 0.5) is 0 Å². The molecule has 0 bridgehead atoms. The van der Waals surface area contributed by atoms with Gasteiger partial charge in [0.05, 0.1) is 6.10 Å². The Hall–Kier alpha value is -0.560. The maximum absolute atomic E-state index is 10.6. The zero-order chi connectivity index (χ0) is 23.4. The van der Waals surface area contributed by atoms with Gasteiger partial charge in [0.25, 0.3) is 0 Å². The molecule has 1 N–H and O–H groups in total. The second-order valence-electron chi connectivity index (χ2n) is 14.0. The molecule has 5 aliphatic carbocycles. The van der Waals surface area contributed by atoms with Gasteiger partial charge in [0.2, 0.25) is 0 Å². The van der Waals surface area contributed by atoms with Crippen molar-refractivity contribution in [1.29, 1.82) is 0 Å². The summed E-state index contributed by atoms with van der Waals surface area (Å²) in [6.07, 6.45) is 21.0. The number of hydrogen-bond acceptors (Lipinski definition) is 1. The van der Waals surface area contributed by atoms with Crippen molar-refractivity contribution in [2.75, 3.05) is 0 Å². The van der Waals surface area contributed by atoms with Crippen molar-refractivity contribution in [1.82, 2.24) is 0 Å². The van der Waals surface area contributed by atoms with E-state index in [-0.39, 0.29) is 6.10 Å². The minimum Gasteiger partial charge on any atom is -0.393 e. The summed E-state index contributed by atoms with van der Waals surface area (Å²) in [7, 11) is 0. The van der Waals surface area contributed by atoms with Crippen LogP contribution in [0.1, 0.15) is 118 Å². The summed E-state index contributed by atoms with van der Waals surface area (Å²) in [5.41, 5.74) is 4.50. The van der Waals surface area contributed by atoms with Crippen LogP contribution in [-0.4, -0.2) is 11.2 Å². The van der Waals surface area contributed by atoms with Crippen molar-refractivity contribution in [2.24, 2.45) is 52.3 Å². The fourth-order valence-electron chi connectivity index (χ4n) is 9.99. The summed E-state index contributed by atoms with van der Waals surface area (Å²) >= 11 is 0. The van der Waals surface area contributed by atoms with Gasteiger partial charge in [-0.2, -0.15) is 0 Å². The molecule has 0 heterocycles. The summed E-state index contributed by atoms with van der Waals surface area (Å²) < 4.78 is 0. The SMILES string of the molecule is C=CC(CCCC(C)C)C1CCC2C3CC(C4CCC4)=C4CC(O)CCC4(C)C3CCC12C. The summed E-state index contributed by atoms with van der Waals surface area (Å²) in [6, 6.07) is 0. The van der Waals surface area contributed by atoms with Crippen LogP contribution < -0.4 is 0 Å². The summed E-state index contributed by atoms with van der Waals surface area (Å²) in [4.78, 5) is 0. The predicted octanol–water partition coefficient (Wildman–Crippen LogP) is 8.73. The fraction of sp³-hybridized carbons (Fsp3) is 0.875. The summed E-state index contributed by atoms with van der Waals surface area (Å²) in [5, 5.41) is 10.6. The topological polar surface area (TPSA) is 20.2 Å². The van der Waals surface area contributed by atoms with Gasteiger partial charge in [-0.25, -0.2) is 0 Å². The highest BCUT2D eigenvalue weighted by molar-refractivity contribution is 5.33. The van der Waals surface area contributed by atoms with Gasteiger partial charge in [-0.05, 0) is 123 Å². The van der Waals surface area contributed by atoms with Crippen LogP contribution in [-0.2, 0) is 0 Å². The molecule has 0 aromatic carbocycles. The molecular weight excluding hydrogens is 400 g/mol.